The topological polar surface area (TPSA) is 39.5 Å². The highest BCUT2D eigenvalue weighted by atomic mass is 16.5. The molecule has 0 N–H and O–H groups in total. The minimum Gasteiger partial charge on any atom is -0.383 e. The monoisotopic (exact) mass is 239 g/mol. The summed E-state index contributed by atoms with van der Waals surface area (Å²) in [6.07, 6.45) is 4.55. The van der Waals surface area contributed by atoms with E-state index >= 15 is 0 Å². The zero-order chi connectivity index (χ0) is 12.3. The van der Waals surface area contributed by atoms with Crippen LogP contribution < -0.4 is 0 Å². The number of hydrogen-bond donors (Lipinski definition) is 0. The van der Waals surface area contributed by atoms with Gasteiger partial charge in [-0.2, -0.15) is 5.26 Å². The van der Waals surface area contributed by atoms with Crippen molar-refractivity contribution in [3.05, 3.63) is 0 Å². The molecular weight excluding hydrogens is 214 g/mol. The molecule has 1 rings (SSSR count). The van der Waals surface area contributed by atoms with Crippen molar-refractivity contribution in [2.45, 2.75) is 25.7 Å². The molecule has 1 saturated heterocycles. The normalized spacial score (nSPS) is 16.5. The molecule has 1 fully saturated rings. The van der Waals surface area contributed by atoms with Crippen LogP contribution in [0.25, 0.3) is 0 Å². The number of hydrogen-bond acceptors (Lipinski definition) is 4. The molecule has 0 bridgehead atoms. The van der Waals surface area contributed by atoms with Crippen molar-refractivity contribution in [3.8, 4) is 6.07 Å². The number of likely N-dealkylation sites (tertiary alicyclic amines) is 1. The lowest BCUT2D eigenvalue weighted by Crippen LogP contribution is -2.32. The first-order chi connectivity index (χ1) is 8.36. The fraction of sp³-hybridized carbons (Fsp3) is 0.923. The van der Waals surface area contributed by atoms with E-state index in [9.17, 15) is 0 Å². The fourth-order valence-corrected chi connectivity index (χ4v) is 2.29. The third-order valence-corrected chi connectivity index (χ3v) is 3.30. The molecule has 98 valence electrons. The number of nitrogens with zero attached hydrogens (tertiary/aromatic N) is 3. The van der Waals surface area contributed by atoms with Crippen LogP contribution in [0.5, 0.6) is 0 Å². The van der Waals surface area contributed by atoms with E-state index in [1.807, 2.05) is 0 Å². The van der Waals surface area contributed by atoms with Crippen molar-refractivity contribution < 1.29 is 4.74 Å². The first-order valence-electron chi connectivity index (χ1n) is 6.67. The molecular formula is C13H25N3O. The predicted octanol–water partition coefficient (Wildman–Crippen LogP) is 1.33. The molecule has 1 aliphatic heterocycles. The van der Waals surface area contributed by atoms with Crippen molar-refractivity contribution >= 4 is 0 Å². The molecule has 1 heterocycles. The van der Waals surface area contributed by atoms with Gasteiger partial charge in [0.25, 0.3) is 0 Å². The van der Waals surface area contributed by atoms with Crippen molar-refractivity contribution in [1.82, 2.24) is 9.80 Å². The molecule has 0 radical (unpaired) electrons. The zero-order valence-electron chi connectivity index (χ0n) is 11.0. The quantitative estimate of drug-likeness (QED) is 0.608. The van der Waals surface area contributed by atoms with E-state index in [0.717, 1.165) is 26.2 Å². The van der Waals surface area contributed by atoms with E-state index in [1.54, 1.807) is 7.11 Å². The van der Waals surface area contributed by atoms with Gasteiger partial charge in [0, 0.05) is 26.6 Å². The summed E-state index contributed by atoms with van der Waals surface area (Å²) in [5, 5.41) is 8.62. The van der Waals surface area contributed by atoms with E-state index in [2.05, 4.69) is 15.9 Å². The van der Waals surface area contributed by atoms with E-state index in [0.29, 0.717) is 6.42 Å². The van der Waals surface area contributed by atoms with Crippen LogP contribution in [0.2, 0.25) is 0 Å². The third kappa shape index (κ3) is 6.62. The van der Waals surface area contributed by atoms with E-state index in [4.69, 9.17) is 10.00 Å². The van der Waals surface area contributed by atoms with Crippen molar-refractivity contribution in [2.75, 3.05) is 53.0 Å². The summed E-state index contributed by atoms with van der Waals surface area (Å²) in [5.41, 5.74) is 0. The Kier molecular flexibility index (Phi) is 7.98. The molecule has 0 spiro atoms. The second kappa shape index (κ2) is 9.41. The maximum Gasteiger partial charge on any atom is 0.0635 e. The van der Waals surface area contributed by atoms with Gasteiger partial charge in [0.05, 0.1) is 12.7 Å². The van der Waals surface area contributed by atoms with Gasteiger partial charge in [-0.25, -0.2) is 0 Å². The summed E-state index contributed by atoms with van der Waals surface area (Å²) in [7, 11) is 1.73. The predicted molar refractivity (Wildman–Crippen MR) is 68.8 cm³/mol. The van der Waals surface area contributed by atoms with Crippen LogP contribution in [-0.4, -0.2) is 62.8 Å². The molecule has 0 atom stereocenters. The van der Waals surface area contributed by atoms with Crippen LogP contribution in [0, 0.1) is 11.3 Å². The average Bonchev–Trinajstić information content (AvgIpc) is 2.85. The molecule has 0 saturated carbocycles. The Morgan fingerprint density at radius 1 is 1.24 bits per heavy atom. The first kappa shape index (κ1) is 14.4. The highest BCUT2D eigenvalue weighted by Gasteiger charge is 2.11. The molecule has 17 heavy (non-hydrogen) atoms. The van der Waals surface area contributed by atoms with Crippen LogP contribution in [-0.2, 0) is 4.74 Å². The summed E-state index contributed by atoms with van der Waals surface area (Å²) in [6.45, 7) is 7.41. The Morgan fingerprint density at radius 3 is 2.65 bits per heavy atom. The summed E-state index contributed by atoms with van der Waals surface area (Å²) in [4.78, 5) is 4.88. The summed E-state index contributed by atoms with van der Waals surface area (Å²) in [5.74, 6) is 0. The number of methoxy groups -OCH3 is 1. The summed E-state index contributed by atoms with van der Waals surface area (Å²) in [6, 6.07) is 2.21. The third-order valence-electron chi connectivity index (χ3n) is 3.30. The Balaban J connectivity index is 2.10. The molecule has 0 aromatic carbocycles. The van der Waals surface area contributed by atoms with Gasteiger partial charge in [0.2, 0.25) is 0 Å². The zero-order valence-corrected chi connectivity index (χ0v) is 11.0. The Hall–Kier alpha value is -0.630. The van der Waals surface area contributed by atoms with Gasteiger partial charge in [-0.15, -0.1) is 0 Å². The van der Waals surface area contributed by atoms with Crippen LogP contribution >= 0.6 is 0 Å². The molecule has 0 amide bonds. The van der Waals surface area contributed by atoms with Gasteiger partial charge in [-0.1, -0.05) is 0 Å². The fourth-order valence-electron chi connectivity index (χ4n) is 2.29. The van der Waals surface area contributed by atoms with Crippen LogP contribution in [0.4, 0.5) is 0 Å². The minimum absolute atomic E-state index is 0.618. The SMILES string of the molecule is COCCN(CCC#N)CCCN1CCCC1. The maximum atomic E-state index is 8.62. The number of ether oxygens (including phenoxy) is 1. The lowest BCUT2D eigenvalue weighted by atomic mass is 10.3. The lowest BCUT2D eigenvalue weighted by molar-refractivity contribution is 0.145. The second-order valence-corrected chi connectivity index (χ2v) is 4.64. The highest BCUT2D eigenvalue weighted by Crippen LogP contribution is 2.07. The Bertz CT molecular complexity index is 221. The minimum atomic E-state index is 0.618. The van der Waals surface area contributed by atoms with Gasteiger partial charge in [-0.3, -0.25) is 4.90 Å². The number of rotatable bonds is 9. The van der Waals surface area contributed by atoms with Crippen molar-refractivity contribution in [3.63, 3.8) is 0 Å². The van der Waals surface area contributed by atoms with Gasteiger partial charge < -0.3 is 9.64 Å². The smallest absolute Gasteiger partial charge is 0.0635 e. The highest BCUT2D eigenvalue weighted by molar-refractivity contribution is 4.73. The lowest BCUT2D eigenvalue weighted by Gasteiger charge is -2.22. The molecule has 0 aliphatic carbocycles. The van der Waals surface area contributed by atoms with Crippen molar-refractivity contribution in [2.24, 2.45) is 0 Å². The molecule has 0 aromatic rings. The van der Waals surface area contributed by atoms with E-state index in [1.165, 1.54) is 38.9 Å². The van der Waals surface area contributed by atoms with Gasteiger partial charge in [0.1, 0.15) is 0 Å². The molecule has 4 nitrogen and oxygen atoms in total. The summed E-state index contributed by atoms with van der Waals surface area (Å²) >= 11 is 0. The molecule has 0 aromatic heterocycles. The molecule has 0 unspecified atom stereocenters. The second-order valence-electron chi connectivity index (χ2n) is 4.64. The summed E-state index contributed by atoms with van der Waals surface area (Å²) < 4.78 is 5.10. The largest absolute Gasteiger partial charge is 0.383 e. The van der Waals surface area contributed by atoms with Gasteiger partial charge >= 0.3 is 0 Å². The van der Waals surface area contributed by atoms with Gasteiger partial charge in [-0.05, 0) is 45.4 Å². The first-order valence-corrected chi connectivity index (χ1v) is 6.67. The Labute approximate surface area is 105 Å². The van der Waals surface area contributed by atoms with Crippen LogP contribution in [0.3, 0.4) is 0 Å². The van der Waals surface area contributed by atoms with Gasteiger partial charge in [0.15, 0.2) is 0 Å². The Morgan fingerprint density at radius 2 is 2.00 bits per heavy atom. The standard InChI is InChI=1S/C13H25N3O/c1-17-13-12-16(9-4-6-14)11-5-10-15-7-2-3-8-15/h2-5,7-13H2,1H3. The number of nitriles is 1. The molecule has 1 aliphatic rings. The maximum absolute atomic E-state index is 8.62. The van der Waals surface area contributed by atoms with E-state index in [-0.39, 0.29) is 0 Å². The molecule has 4 heteroatoms. The van der Waals surface area contributed by atoms with Crippen molar-refractivity contribution in [1.29, 1.82) is 5.26 Å². The van der Waals surface area contributed by atoms with Crippen LogP contribution in [0.15, 0.2) is 0 Å². The average molecular weight is 239 g/mol. The van der Waals surface area contributed by atoms with Crippen LogP contribution in [0.1, 0.15) is 25.7 Å². The van der Waals surface area contributed by atoms with E-state index < -0.39 is 0 Å².